The van der Waals surface area contributed by atoms with Gasteiger partial charge in [-0.05, 0) is 25.2 Å². The Labute approximate surface area is 117 Å². The Balaban J connectivity index is 1.99. The van der Waals surface area contributed by atoms with Crippen molar-refractivity contribution in [2.45, 2.75) is 37.0 Å². The van der Waals surface area contributed by atoms with Crippen LogP contribution in [0.2, 0.25) is 0 Å². The number of aromatic amines is 1. The summed E-state index contributed by atoms with van der Waals surface area (Å²) < 4.78 is 23.6. The number of rotatable bonds is 3. The molecule has 1 atom stereocenters. The van der Waals surface area contributed by atoms with E-state index >= 15 is 0 Å². The maximum absolute atomic E-state index is 12.4. The summed E-state index contributed by atoms with van der Waals surface area (Å²) in [4.78, 5) is 14.0. The normalized spacial score (nSPS) is 23.3. The molecule has 1 aromatic rings. The molecule has 110 valence electrons. The highest BCUT2D eigenvalue weighted by Gasteiger charge is 2.37. The summed E-state index contributed by atoms with van der Waals surface area (Å²) in [6.45, 7) is 3.33. The minimum atomic E-state index is -3.96. The summed E-state index contributed by atoms with van der Waals surface area (Å²) in [6, 6.07) is 0. The first kappa shape index (κ1) is 13.6. The van der Waals surface area contributed by atoms with Gasteiger partial charge >= 0.3 is 0 Å². The van der Waals surface area contributed by atoms with Crippen LogP contribution in [-0.4, -0.2) is 42.5 Å². The van der Waals surface area contributed by atoms with E-state index in [0.717, 1.165) is 19.3 Å². The molecule has 1 amide bonds. The van der Waals surface area contributed by atoms with E-state index in [4.69, 9.17) is 5.14 Å². The van der Waals surface area contributed by atoms with E-state index < -0.39 is 10.0 Å². The lowest BCUT2D eigenvalue weighted by Gasteiger charge is -2.14. The average molecular weight is 298 g/mol. The van der Waals surface area contributed by atoms with Gasteiger partial charge in [0.25, 0.3) is 5.91 Å². The second kappa shape index (κ2) is 4.56. The zero-order chi connectivity index (χ0) is 14.5. The fourth-order valence-electron chi connectivity index (χ4n) is 2.70. The number of nitrogens with zero attached hydrogens (tertiary/aromatic N) is 2. The smallest absolute Gasteiger partial charge is 0.275 e. The van der Waals surface area contributed by atoms with Crippen LogP contribution in [0.3, 0.4) is 0 Å². The van der Waals surface area contributed by atoms with Gasteiger partial charge < -0.3 is 4.90 Å². The van der Waals surface area contributed by atoms with Crippen molar-refractivity contribution in [3.05, 3.63) is 11.4 Å². The van der Waals surface area contributed by atoms with Crippen LogP contribution in [0.4, 0.5) is 0 Å². The van der Waals surface area contributed by atoms with Gasteiger partial charge in [0, 0.05) is 19.0 Å². The Morgan fingerprint density at radius 1 is 1.40 bits per heavy atom. The average Bonchev–Trinajstić information content (AvgIpc) is 2.95. The highest BCUT2D eigenvalue weighted by atomic mass is 32.2. The number of carbonyl (C=O) groups excluding carboxylic acids is 1. The summed E-state index contributed by atoms with van der Waals surface area (Å²) in [6.07, 6.45) is 2.73. The Morgan fingerprint density at radius 3 is 2.60 bits per heavy atom. The van der Waals surface area contributed by atoms with Gasteiger partial charge in [0.2, 0.25) is 10.0 Å². The first-order valence-corrected chi connectivity index (χ1v) is 8.33. The Morgan fingerprint density at radius 2 is 2.10 bits per heavy atom. The molecule has 3 N–H and O–H groups in total. The van der Waals surface area contributed by atoms with Gasteiger partial charge in [0.1, 0.15) is 4.90 Å². The van der Waals surface area contributed by atoms with Crippen molar-refractivity contribution in [1.82, 2.24) is 15.1 Å². The largest absolute Gasteiger partial charge is 0.337 e. The maximum atomic E-state index is 12.4. The lowest BCUT2D eigenvalue weighted by atomic mass is 10.2. The van der Waals surface area contributed by atoms with Crippen LogP contribution in [0.15, 0.2) is 4.90 Å². The van der Waals surface area contributed by atoms with Gasteiger partial charge in [0.05, 0.1) is 5.69 Å². The number of nitrogens with two attached hydrogens (primary N) is 1. The standard InChI is InChI=1S/C12H18N4O3S/c1-7-4-5-16(6-7)12(17)10-11(20(13,18)19)9(14-15-10)8-2-3-8/h7-8H,2-6H2,1H3,(H,14,15)(H2,13,18,19). The second-order valence-electron chi connectivity index (χ2n) is 5.78. The molecule has 1 saturated carbocycles. The van der Waals surface area contributed by atoms with Crippen LogP contribution in [-0.2, 0) is 10.0 Å². The Hall–Kier alpha value is -1.41. The third-order valence-electron chi connectivity index (χ3n) is 3.93. The van der Waals surface area contributed by atoms with Crippen LogP contribution in [0.25, 0.3) is 0 Å². The number of likely N-dealkylation sites (tertiary alicyclic amines) is 1. The first-order valence-electron chi connectivity index (χ1n) is 6.78. The zero-order valence-electron chi connectivity index (χ0n) is 11.3. The summed E-state index contributed by atoms with van der Waals surface area (Å²) in [5.41, 5.74) is 0.437. The first-order chi connectivity index (χ1) is 9.38. The predicted molar refractivity (Wildman–Crippen MR) is 71.6 cm³/mol. The van der Waals surface area contributed by atoms with Crippen LogP contribution < -0.4 is 5.14 Å². The van der Waals surface area contributed by atoms with Crippen molar-refractivity contribution in [3.63, 3.8) is 0 Å². The quantitative estimate of drug-likeness (QED) is 0.842. The molecule has 1 unspecified atom stereocenters. The third kappa shape index (κ3) is 2.33. The van der Waals surface area contributed by atoms with Crippen LogP contribution in [0.1, 0.15) is 48.3 Å². The van der Waals surface area contributed by atoms with Gasteiger partial charge in [-0.25, -0.2) is 13.6 Å². The molecule has 3 rings (SSSR count). The molecule has 2 heterocycles. The molecule has 0 radical (unpaired) electrons. The van der Waals surface area contributed by atoms with E-state index in [1.54, 1.807) is 4.90 Å². The summed E-state index contributed by atoms with van der Waals surface area (Å²) in [5.74, 6) is 0.218. The van der Waals surface area contributed by atoms with Crippen molar-refractivity contribution in [2.75, 3.05) is 13.1 Å². The van der Waals surface area contributed by atoms with Crippen LogP contribution >= 0.6 is 0 Å². The second-order valence-corrected chi connectivity index (χ2v) is 7.28. The lowest BCUT2D eigenvalue weighted by Crippen LogP contribution is -2.30. The molecule has 1 aromatic heterocycles. The fourth-order valence-corrected chi connectivity index (χ4v) is 3.62. The Kier molecular flexibility index (Phi) is 3.09. The van der Waals surface area contributed by atoms with Crippen molar-refractivity contribution < 1.29 is 13.2 Å². The monoisotopic (exact) mass is 298 g/mol. The molecule has 7 nitrogen and oxygen atoms in total. The number of sulfonamides is 1. The van der Waals surface area contributed by atoms with E-state index in [0.29, 0.717) is 24.7 Å². The number of hydrogen-bond acceptors (Lipinski definition) is 4. The van der Waals surface area contributed by atoms with Crippen molar-refractivity contribution in [3.8, 4) is 0 Å². The number of H-pyrrole nitrogens is 1. The molecule has 0 aromatic carbocycles. The minimum Gasteiger partial charge on any atom is -0.337 e. The zero-order valence-corrected chi connectivity index (χ0v) is 12.1. The molecule has 8 heteroatoms. The van der Waals surface area contributed by atoms with E-state index in [2.05, 4.69) is 17.1 Å². The molecule has 0 spiro atoms. The molecule has 1 saturated heterocycles. The predicted octanol–water partition coefficient (Wildman–Crippen LogP) is 0.416. The van der Waals surface area contributed by atoms with E-state index in [1.807, 2.05) is 0 Å². The van der Waals surface area contributed by atoms with Gasteiger partial charge in [-0.15, -0.1) is 0 Å². The highest BCUT2D eigenvalue weighted by molar-refractivity contribution is 7.89. The molecule has 2 fully saturated rings. The number of primary sulfonamides is 1. The molecule has 1 aliphatic carbocycles. The molecular formula is C12H18N4O3S. The van der Waals surface area contributed by atoms with Crippen LogP contribution in [0.5, 0.6) is 0 Å². The minimum absolute atomic E-state index is 0.0523. The summed E-state index contributed by atoms with van der Waals surface area (Å²) >= 11 is 0. The topological polar surface area (TPSA) is 109 Å². The Bertz CT molecular complexity index is 648. The molecular weight excluding hydrogens is 280 g/mol. The SMILES string of the molecule is CC1CCN(C(=O)c2n[nH]c(C3CC3)c2S(N)(=O)=O)C1. The molecule has 20 heavy (non-hydrogen) atoms. The number of amides is 1. The summed E-state index contributed by atoms with van der Waals surface area (Å²) in [7, 11) is -3.96. The lowest BCUT2D eigenvalue weighted by molar-refractivity contribution is 0.0778. The third-order valence-corrected chi connectivity index (χ3v) is 4.91. The number of nitrogens with one attached hydrogen (secondary N) is 1. The van der Waals surface area contributed by atoms with E-state index in [9.17, 15) is 13.2 Å². The number of carbonyl (C=O) groups is 1. The van der Waals surface area contributed by atoms with Gasteiger partial charge in [0.15, 0.2) is 5.69 Å². The number of aromatic nitrogens is 2. The van der Waals surface area contributed by atoms with Gasteiger partial charge in [-0.1, -0.05) is 6.92 Å². The van der Waals surface area contributed by atoms with Gasteiger partial charge in [-0.3, -0.25) is 9.89 Å². The van der Waals surface area contributed by atoms with Gasteiger partial charge in [-0.2, -0.15) is 5.10 Å². The summed E-state index contributed by atoms with van der Waals surface area (Å²) in [5, 5.41) is 11.9. The molecule has 0 bridgehead atoms. The van der Waals surface area contributed by atoms with E-state index in [-0.39, 0.29) is 22.4 Å². The maximum Gasteiger partial charge on any atom is 0.275 e. The molecule has 1 aliphatic heterocycles. The molecule has 2 aliphatic rings. The fraction of sp³-hybridized carbons (Fsp3) is 0.667. The van der Waals surface area contributed by atoms with E-state index in [1.165, 1.54) is 0 Å². The van der Waals surface area contributed by atoms with Crippen molar-refractivity contribution in [2.24, 2.45) is 11.1 Å². The highest BCUT2D eigenvalue weighted by Crippen LogP contribution is 2.42. The van der Waals surface area contributed by atoms with Crippen molar-refractivity contribution in [1.29, 1.82) is 0 Å². The van der Waals surface area contributed by atoms with Crippen molar-refractivity contribution >= 4 is 15.9 Å². The van der Waals surface area contributed by atoms with Crippen LogP contribution in [0, 0.1) is 5.92 Å². The number of hydrogen-bond donors (Lipinski definition) is 2.